The van der Waals surface area contributed by atoms with Gasteiger partial charge in [-0.25, -0.2) is 9.18 Å². The molecule has 0 atom stereocenters. The number of benzene rings is 2. The fourth-order valence-electron chi connectivity index (χ4n) is 4.51. The third-order valence-electron chi connectivity index (χ3n) is 6.58. The Labute approximate surface area is 200 Å². The van der Waals surface area contributed by atoms with Crippen LogP contribution in [0.5, 0.6) is 0 Å². The summed E-state index contributed by atoms with van der Waals surface area (Å²) in [4.78, 5) is 30.5. The van der Waals surface area contributed by atoms with Crippen molar-refractivity contribution in [3.63, 3.8) is 0 Å². The van der Waals surface area contributed by atoms with Crippen molar-refractivity contribution < 1.29 is 18.7 Å². The normalized spacial score (nSPS) is 17.1. The highest BCUT2D eigenvalue weighted by Gasteiger charge is 2.26. The number of ether oxygens (including phenoxy) is 1. The number of nitrogens with zero attached hydrogens (tertiary/aromatic N) is 3. The van der Waals surface area contributed by atoms with Gasteiger partial charge in [-0.05, 0) is 61.7 Å². The zero-order valence-corrected chi connectivity index (χ0v) is 19.7. The van der Waals surface area contributed by atoms with E-state index in [1.54, 1.807) is 16.7 Å². The van der Waals surface area contributed by atoms with E-state index in [4.69, 9.17) is 4.74 Å². The molecule has 2 heterocycles. The van der Waals surface area contributed by atoms with E-state index in [2.05, 4.69) is 10.2 Å². The number of hydrogen-bond acceptors (Lipinski definition) is 5. The van der Waals surface area contributed by atoms with Crippen LogP contribution in [0.15, 0.2) is 48.5 Å². The van der Waals surface area contributed by atoms with Gasteiger partial charge in [-0.15, -0.1) is 0 Å². The molecular weight excluding hydrogens is 435 g/mol. The van der Waals surface area contributed by atoms with E-state index < -0.39 is 0 Å². The van der Waals surface area contributed by atoms with Crippen LogP contribution in [0.1, 0.15) is 35.7 Å². The summed E-state index contributed by atoms with van der Waals surface area (Å²) in [6, 6.07) is 14.9. The SMILES string of the molecule is CCOC(=O)N1CCN(C(=O)c2ccc(N3CCC(NCc4ccc(F)cc4)CC3)cc2)CC1. The highest BCUT2D eigenvalue weighted by Crippen LogP contribution is 2.22. The minimum absolute atomic E-state index is 0.00115. The van der Waals surface area contributed by atoms with Gasteiger partial charge in [-0.3, -0.25) is 4.79 Å². The number of piperazine rings is 1. The van der Waals surface area contributed by atoms with Crippen LogP contribution in [-0.4, -0.2) is 73.7 Å². The number of amides is 2. The molecule has 2 aromatic carbocycles. The quantitative estimate of drug-likeness (QED) is 0.703. The highest BCUT2D eigenvalue weighted by molar-refractivity contribution is 5.94. The minimum atomic E-state index is -0.312. The molecule has 0 aromatic heterocycles. The zero-order valence-electron chi connectivity index (χ0n) is 19.7. The second-order valence-corrected chi connectivity index (χ2v) is 8.79. The molecule has 182 valence electrons. The summed E-state index contributed by atoms with van der Waals surface area (Å²) >= 11 is 0. The minimum Gasteiger partial charge on any atom is -0.450 e. The maximum atomic E-state index is 13.0. The number of anilines is 1. The molecule has 2 saturated heterocycles. The molecule has 0 radical (unpaired) electrons. The molecule has 0 saturated carbocycles. The van der Waals surface area contributed by atoms with Crippen LogP contribution in [0.25, 0.3) is 0 Å². The molecule has 2 amide bonds. The first-order chi connectivity index (χ1) is 16.5. The van der Waals surface area contributed by atoms with E-state index >= 15 is 0 Å². The Hall–Kier alpha value is -3.13. The molecule has 7 nitrogen and oxygen atoms in total. The first kappa shape index (κ1) is 24.0. The number of piperidine rings is 1. The molecule has 0 aliphatic carbocycles. The topological polar surface area (TPSA) is 65.1 Å². The molecule has 34 heavy (non-hydrogen) atoms. The van der Waals surface area contributed by atoms with E-state index in [1.807, 2.05) is 36.4 Å². The molecule has 2 aliphatic rings. The van der Waals surface area contributed by atoms with Crippen molar-refractivity contribution in [1.82, 2.24) is 15.1 Å². The predicted octanol–water partition coefficient (Wildman–Crippen LogP) is 3.50. The van der Waals surface area contributed by atoms with E-state index in [1.165, 1.54) is 12.1 Å². The first-order valence-corrected chi connectivity index (χ1v) is 12.1. The lowest BCUT2D eigenvalue weighted by Gasteiger charge is -2.35. The van der Waals surface area contributed by atoms with Gasteiger partial charge in [0.05, 0.1) is 6.61 Å². The smallest absolute Gasteiger partial charge is 0.409 e. The summed E-state index contributed by atoms with van der Waals surface area (Å²) in [5.41, 5.74) is 2.89. The van der Waals surface area contributed by atoms with Gasteiger partial charge in [0.1, 0.15) is 5.82 Å². The van der Waals surface area contributed by atoms with Gasteiger partial charge in [-0.1, -0.05) is 12.1 Å². The summed E-state index contributed by atoms with van der Waals surface area (Å²) < 4.78 is 18.1. The van der Waals surface area contributed by atoms with E-state index in [-0.39, 0.29) is 17.8 Å². The largest absolute Gasteiger partial charge is 0.450 e. The predicted molar refractivity (Wildman–Crippen MR) is 129 cm³/mol. The summed E-state index contributed by atoms with van der Waals surface area (Å²) in [5, 5.41) is 3.58. The first-order valence-electron chi connectivity index (χ1n) is 12.1. The average molecular weight is 469 g/mol. The number of halogens is 1. The van der Waals surface area contributed by atoms with Gasteiger partial charge in [0.15, 0.2) is 0 Å². The molecule has 2 aliphatic heterocycles. The number of hydrogen-bond donors (Lipinski definition) is 1. The second kappa shape index (κ2) is 11.3. The van der Waals surface area contributed by atoms with Crippen LogP contribution in [0.3, 0.4) is 0 Å². The van der Waals surface area contributed by atoms with Crippen molar-refractivity contribution in [2.24, 2.45) is 0 Å². The Morgan fingerprint density at radius 3 is 2.15 bits per heavy atom. The van der Waals surface area contributed by atoms with Crippen LogP contribution in [0, 0.1) is 5.82 Å². The van der Waals surface area contributed by atoms with Gasteiger partial charge in [0.25, 0.3) is 5.91 Å². The van der Waals surface area contributed by atoms with Crippen molar-refractivity contribution in [2.45, 2.75) is 32.4 Å². The van der Waals surface area contributed by atoms with Crippen LogP contribution >= 0.6 is 0 Å². The molecule has 0 unspecified atom stereocenters. The average Bonchev–Trinajstić information content (AvgIpc) is 2.88. The highest BCUT2D eigenvalue weighted by atomic mass is 19.1. The lowest BCUT2D eigenvalue weighted by Crippen LogP contribution is -2.50. The van der Waals surface area contributed by atoms with E-state index in [0.717, 1.165) is 43.7 Å². The van der Waals surface area contributed by atoms with E-state index in [9.17, 15) is 14.0 Å². The van der Waals surface area contributed by atoms with Gasteiger partial charge in [-0.2, -0.15) is 0 Å². The number of nitrogens with one attached hydrogen (secondary N) is 1. The van der Waals surface area contributed by atoms with E-state index in [0.29, 0.717) is 44.4 Å². The Kier molecular flexibility index (Phi) is 8.00. The van der Waals surface area contributed by atoms with Crippen LogP contribution < -0.4 is 10.2 Å². The van der Waals surface area contributed by atoms with Gasteiger partial charge in [0, 0.05) is 63.1 Å². The molecule has 2 fully saturated rings. The molecule has 4 rings (SSSR count). The van der Waals surface area contributed by atoms with Crippen molar-refractivity contribution in [2.75, 3.05) is 50.8 Å². The number of rotatable bonds is 6. The molecule has 8 heteroatoms. The zero-order chi connectivity index (χ0) is 23.9. The van der Waals surface area contributed by atoms with Crippen molar-refractivity contribution in [3.8, 4) is 0 Å². The van der Waals surface area contributed by atoms with Crippen molar-refractivity contribution in [1.29, 1.82) is 0 Å². The Balaban J connectivity index is 1.23. The number of carbonyl (C=O) groups is 2. The summed E-state index contributed by atoms with van der Waals surface area (Å²) in [6.45, 7) is 6.80. The maximum absolute atomic E-state index is 13.0. The molecule has 0 spiro atoms. The van der Waals surface area contributed by atoms with Crippen LogP contribution in [-0.2, 0) is 11.3 Å². The molecular formula is C26H33FN4O3. The van der Waals surface area contributed by atoms with Crippen LogP contribution in [0.4, 0.5) is 14.9 Å². The van der Waals surface area contributed by atoms with Crippen molar-refractivity contribution in [3.05, 3.63) is 65.5 Å². The van der Waals surface area contributed by atoms with Gasteiger partial charge < -0.3 is 24.8 Å². The van der Waals surface area contributed by atoms with Gasteiger partial charge in [0.2, 0.25) is 0 Å². The third-order valence-corrected chi connectivity index (χ3v) is 6.58. The van der Waals surface area contributed by atoms with Gasteiger partial charge >= 0.3 is 6.09 Å². The molecule has 2 aromatic rings. The summed E-state index contributed by atoms with van der Waals surface area (Å²) in [5.74, 6) is -0.208. The van der Waals surface area contributed by atoms with Crippen molar-refractivity contribution >= 4 is 17.7 Å². The maximum Gasteiger partial charge on any atom is 0.409 e. The molecule has 1 N–H and O–H groups in total. The fourth-order valence-corrected chi connectivity index (χ4v) is 4.51. The lowest BCUT2D eigenvalue weighted by atomic mass is 10.0. The Morgan fingerprint density at radius 2 is 1.53 bits per heavy atom. The fraction of sp³-hybridized carbons (Fsp3) is 0.462. The number of carbonyl (C=O) groups excluding carboxylic acids is 2. The summed E-state index contributed by atoms with van der Waals surface area (Å²) in [7, 11) is 0. The van der Waals surface area contributed by atoms with Crippen LogP contribution in [0.2, 0.25) is 0 Å². The molecule has 0 bridgehead atoms. The third kappa shape index (κ3) is 6.05. The summed E-state index contributed by atoms with van der Waals surface area (Å²) in [6.07, 6.45) is 1.76. The Morgan fingerprint density at radius 1 is 0.912 bits per heavy atom. The monoisotopic (exact) mass is 468 g/mol. The standard InChI is InChI=1S/C26H33FN4O3/c1-2-34-26(33)31-17-15-30(16-18-31)25(32)21-5-9-24(10-6-21)29-13-11-23(12-14-29)28-19-20-3-7-22(27)8-4-20/h3-10,23,28H,2,11-19H2,1H3. The second-order valence-electron chi connectivity index (χ2n) is 8.79. The lowest BCUT2D eigenvalue weighted by molar-refractivity contribution is 0.0570. The Bertz CT molecular complexity index is 951.